The van der Waals surface area contributed by atoms with Gasteiger partial charge in [0.25, 0.3) is 0 Å². The van der Waals surface area contributed by atoms with Crippen LogP contribution in [-0.2, 0) is 4.74 Å². The molecule has 0 radical (unpaired) electrons. The van der Waals surface area contributed by atoms with Gasteiger partial charge in [0, 0.05) is 17.6 Å². The van der Waals surface area contributed by atoms with Gasteiger partial charge in [0.05, 0.1) is 30.5 Å². The molecule has 0 unspecified atom stereocenters. The van der Waals surface area contributed by atoms with Crippen LogP contribution >= 0.6 is 15.9 Å². The highest BCUT2D eigenvalue weighted by molar-refractivity contribution is 9.10. The number of morpholine rings is 1. The van der Waals surface area contributed by atoms with Crippen LogP contribution < -0.4 is 4.90 Å². The normalized spacial score (nSPS) is 15.6. The second-order valence-electron chi connectivity index (χ2n) is 4.46. The van der Waals surface area contributed by atoms with Gasteiger partial charge < -0.3 is 14.7 Å². The second kappa shape index (κ2) is 5.34. The quantitative estimate of drug-likeness (QED) is 0.902. The molecule has 104 valence electrons. The number of anilines is 1. The largest absolute Gasteiger partial charge is 0.478 e. The molecule has 1 fully saturated rings. The van der Waals surface area contributed by atoms with E-state index in [2.05, 4.69) is 30.8 Å². The number of fused-ring (bicyclic) bond motifs is 1. The number of carboxylic acid groups (broad SMARTS) is 1. The first kappa shape index (κ1) is 13.3. The van der Waals surface area contributed by atoms with Gasteiger partial charge in [-0.3, -0.25) is 4.98 Å². The maximum absolute atomic E-state index is 11.0. The second-order valence-corrected chi connectivity index (χ2v) is 5.31. The highest BCUT2D eigenvalue weighted by Crippen LogP contribution is 2.25. The van der Waals surface area contributed by atoms with Crippen LogP contribution in [0.2, 0.25) is 0 Å². The van der Waals surface area contributed by atoms with E-state index in [1.165, 1.54) is 6.07 Å². The van der Waals surface area contributed by atoms with Gasteiger partial charge in [0.15, 0.2) is 0 Å². The minimum absolute atomic E-state index is 0.192. The average Bonchev–Trinajstić information content (AvgIpc) is 2.47. The van der Waals surface area contributed by atoms with Crippen LogP contribution in [0.1, 0.15) is 10.4 Å². The van der Waals surface area contributed by atoms with E-state index in [1.54, 1.807) is 12.3 Å². The summed E-state index contributed by atoms with van der Waals surface area (Å²) in [5.74, 6) is -0.198. The zero-order valence-electron chi connectivity index (χ0n) is 10.5. The van der Waals surface area contributed by atoms with Gasteiger partial charge >= 0.3 is 5.97 Å². The SMILES string of the molecule is O=C(O)c1cc(Br)c2nc(N3CCOCC3)cnc2c1. The molecule has 0 spiro atoms. The van der Waals surface area contributed by atoms with Gasteiger partial charge in [-0.25, -0.2) is 9.78 Å². The molecular formula is C13H12BrN3O3. The van der Waals surface area contributed by atoms with Crippen LogP contribution in [0.15, 0.2) is 22.8 Å². The van der Waals surface area contributed by atoms with Gasteiger partial charge in [0.2, 0.25) is 0 Å². The first-order valence-corrected chi connectivity index (χ1v) is 6.97. The molecule has 1 aliphatic rings. The molecule has 1 aliphatic heterocycles. The Hall–Kier alpha value is -1.73. The van der Waals surface area contributed by atoms with Crippen LogP contribution in [0.4, 0.5) is 5.82 Å². The van der Waals surface area contributed by atoms with Crippen molar-refractivity contribution in [1.82, 2.24) is 9.97 Å². The van der Waals surface area contributed by atoms with E-state index in [1.807, 2.05) is 0 Å². The topological polar surface area (TPSA) is 75.5 Å². The van der Waals surface area contributed by atoms with Crippen molar-refractivity contribution in [2.24, 2.45) is 0 Å². The fourth-order valence-electron chi connectivity index (χ4n) is 2.13. The number of benzene rings is 1. The third-order valence-corrected chi connectivity index (χ3v) is 3.78. The van der Waals surface area contributed by atoms with E-state index < -0.39 is 5.97 Å². The molecule has 0 bridgehead atoms. The lowest BCUT2D eigenvalue weighted by molar-refractivity contribution is 0.0697. The number of halogens is 1. The minimum atomic E-state index is -0.980. The van der Waals surface area contributed by atoms with Crippen molar-refractivity contribution >= 4 is 38.8 Å². The van der Waals surface area contributed by atoms with Gasteiger partial charge in [0.1, 0.15) is 11.3 Å². The standard InChI is InChI=1S/C13H12BrN3O3/c14-9-5-8(13(18)19)6-10-12(9)16-11(7-15-10)17-1-3-20-4-2-17/h5-7H,1-4H2,(H,18,19). The first-order chi connectivity index (χ1) is 9.65. The average molecular weight is 338 g/mol. The highest BCUT2D eigenvalue weighted by atomic mass is 79.9. The van der Waals surface area contributed by atoms with E-state index in [0.717, 1.165) is 18.9 Å². The van der Waals surface area contributed by atoms with Crippen molar-refractivity contribution < 1.29 is 14.6 Å². The third kappa shape index (κ3) is 2.46. The van der Waals surface area contributed by atoms with Gasteiger partial charge in [-0.05, 0) is 28.1 Å². The van der Waals surface area contributed by atoms with Crippen LogP contribution in [0.3, 0.4) is 0 Å². The molecule has 1 aromatic heterocycles. The Bertz CT molecular complexity index is 671. The zero-order valence-corrected chi connectivity index (χ0v) is 12.1. The van der Waals surface area contributed by atoms with E-state index in [0.29, 0.717) is 28.7 Å². The van der Waals surface area contributed by atoms with Crippen molar-refractivity contribution in [3.63, 3.8) is 0 Å². The minimum Gasteiger partial charge on any atom is -0.478 e. The Balaban J connectivity index is 2.04. The number of hydrogen-bond acceptors (Lipinski definition) is 5. The Morgan fingerprint density at radius 2 is 2.10 bits per heavy atom. The molecule has 0 amide bonds. The summed E-state index contributed by atoms with van der Waals surface area (Å²) < 4.78 is 5.94. The van der Waals surface area contributed by atoms with E-state index in [-0.39, 0.29) is 5.56 Å². The lowest BCUT2D eigenvalue weighted by atomic mass is 10.2. The number of carbonyl (C=O) groups is 1. The molecule has 1 saturated heterocycles. The smallest absolute Gasteiger partial charge is 0.335 e. The van der Waals surface area contributed by atoms with Crippen molar-refractivity contribution in [3.05, 3.63) is 28.4 Å². The Kier molecular flexibility index (Phi) is 3.54. The summed E-state index contributed by atoms with van der Waals surface area (Å²) in [7, 11) is 0. The maximum atomic E-state index is 11.0. The summed E-state index contributed by atoms with van der Waals surface area (Å²) in [6.45, 7) is 2.92. The fourth-order valence-corrected chi connectivity index (χ4v) is 2.67. The summed E-state index contributed by atoms with van der Waals surface area (Å²) in [6, 6.07) is 3.07. The summed E-state index contributed by atoms with van der Waals surface area (Å²) in [5.41, 5.74) is 1.42. The van der Waals surface area contributed by atoms with Crippen molar-refractivity contribution in [2.75, 3.05) is 31.2 Å². The molecule has 20 heavy (non-hydrogen) atoms. The molecule has 6 nitrogen and oxygen atoms in total. The van der Waals surface area contributed by atoms with Gasteiger partial charge in [-0.15, -0.1) is 0 Å². The number of rotatable bonds is 2. The third-order valence-electron chi connectivity index (χ3n) is 3.17. The summed E-state index contributed by atoms with van der Waals surface area (Å²) >= 11 is 3.37. The number of aromatic carboxylic acids is 1. The van der Waals surface area contributed by atoms with Crippen LogP contribution in [-0.4, -0.2) is 47.3 Å². The molecule has 2 heterocycles. The van der Waals surface area contributed by atoms with Crippen LogP contribution in [0.5, 0.6) is 0 Å². The monoisotopic (exact) mass is 337 g/mol. The van der Waals surface area contributed by atoms with Crippen LogP contribution in [0, 0.1) is 0 Å². The van der Waals surface area contributed by atoms with E-state index in [4.69, 9.17) is 9.84 Å². The molecule has 2 aromatic rings. The van der Waals surface area contributed by atoms with Gasteiger partial charge in [-0.1, -0.05) is 0 Å². The van der Waals surface area contributed by atoms with Crippen LogP contribution in [0.25, 0.3) is 11.0 Å². The zero-order chi connectivity index (χ0) is 14.1. The van der Waals surface area contributed by atoms with Crippen molar-refractivity contribution in [1.29, 1.82) is 0 Å². The predicted octanol–water partition coefficient (Wildman–Crippen LogP) is 1.93. The van der Waals surface area contributed by atoms with Crippen molar-refractivity contribution in [2.45, 2.75) is 0 Å². The maximum Gasteiger partial charge on any atom is 0.335 e. The molecule has 0 atom stereocenters. The van der Waals surface area contributed by atoms with Gasteiger partial charge in [-0.2, -0.15) is 0 Å². The predicted molar refractivity (Wildman–Crippen MR) is 77.2 cm³/mol. The highest BCUT2D eigenvalue weighted by Gasteiger charge is 2.15. The molecule has 0 saturated carbocycles. The van der Waals surface area contributed by atoms with E-state index in [9.17, 15) is 4.79 Å². The Morgan fingerprint density at radius 3 is 2.80 bits per heavy atom. The van der Waals surface area contributed by atoms with Crippen molar-refractivity contribution in [3.8, 4) is 0 Å². The fraction of sp³-hybridized carbons (Fsp3) is 0.308. The molecule has 1 aromatic carbocycles. The first-order valence-electron chi connectivity index (χ1n) is 6.17. The molecular weight excluding hydrogens is 326 g/mol. The summed E-state index contributed by atoms with van der Waals surface area (Å²) in [6.07, 6.45) is 1.67. The molecule has 0 aliphatic carbocycles. The molecule has 1 N–H and O–H groups in total. The Morgan fingerprint density at radius 1 is 1.35 bits per heavy atom. The molecule has 7 heteroatoms. The number of nitrogens with zero attached hydrogens (tertiary/aromatic N) is 3. The summed E-state index contributed by atoms with van der Waals surface area (Å²) in [4.78, 5) is 22.0. The number of ether oxygens (including phenoxy) is 1. The number of carboxylic acids is 1. The Labute approximate surface area is 123 Å². The lowest BCUT2D eigenvalue weighted by Crippen LogP contribution is -2.36. The lowest BCUT2D eigenvalue weighted by Gasteiger charge is -2.27. The van der Waals surface area contributed by atoms with E-state index >= 15 is 0 Å². The number of hydrogen-bond donors (Lipinski definition) is 1. The number of aromatic nitrogens is 2. The summed E-state index contributed by atoms with van der Waals surface area (Å²) in [5, 5.41) is 9.04. The molecule has 3 rings (SSSR count).